The highest BCUT2D eigenvalue weighted by Gasteiger charge is 2.20. The number of benzene rings is 1. The number of aromatic nitrogens is 2. The number of hydrogen-bond donors (Lipinski definition) is 0. The predicted octanol–water partition coefficient (Wildman–Crippen LogP) is 2.49. The maximum atomic E-state index is 4.44. The van der Waals surface area contributed by atoms with E-state index in [0.29, 0.717) is 0 Å². The van der Waals surface area contributed by atoms with Crippen LogP contribution in [0.2, 0.25) is 0 Å². The SMILES string of the molecule is Cc1cccc(N2CCN(c3cc(N(C)C)ncn3)CC2)c1C. The second kappa shape index (κ2) is 6.44. The molecular formula is C18H25N5. The first-order valence-electron chi connectivity index (χ1n) is 8.12. The predicted molar refractivity (Wildman–Crippen MR) is 96.7 cm³/mol. The van der Waals surface area contributed by atoms with Crippen LogP contribution in [0.1, 0.15) is 11.1 Å². The number of anilines is 3. The van der Waals surface area contributed by atoms with Gasteiger partial charge in [0.2, 0.25) is 0 Å². The van der Waals surface area contributed by atoms with Crippen molar-refractivity contribution in [3.8, 4) is 0 Å². The maximum Gasteiger partial charge on any atom is 0.134 e. The molecule has 0 unspecified atom stereocenters. The third-order valence-corrected chi connectivity index (χ3v) is 4.62. The van der Waals surface area contributed by atoms with Gasteiger partial charge in [-0.05, 0) is 31.0 Å². The lowest BCUT2D eigenvalue weighted by molar-refractivity contribution is 0.645. The van der Waals surface area contributed by atoms with Crippen LogP contribution >= 0.6 is 0 Å². The molecule has 3 rings (SSSR count). The Morgan fingerprint density at radius 1 is 0.957 bits per heavy atom. The van der Waals surface area contributed by atoms with Gasteiger partial charge in [0.05, 0.1) is 0 Å². The molecule has 1 aliphatic heterocycles. The highest BCUT2D eigenvalue weighted by atomic mass is 15.3. The van der Waals surface area contributed by atoms with E-state index in [4.69, 9.17) is 0 Å². The normalized spacial score (nSPS) is 15.0. The second-order valence-electron chi connectivity index (χ2n) is 6.32. The van der Waals surface area contributed by atoms with Gasteiger partial charge in [0, 0.05) is 52.0 Å². The van der Waals surface area contributed by atoms with Crippen molar-refractivity contribution in [3.05, 3.63) is 41.7 Å². The van der Waals surface area contributed by atoms with E-state index in [1.807, 2.05) is 19.0 Å². The summed E-state index contributed by atoms with van der Waals surface area (Å²) in [6, 6.07) is 8.62. The summed E-state index contributed by atoms with van der Waals surface area (Å²) in [5, 5.41) is 0. The number of piperazine rings is 1. The number of nitrogens with zero attached hydrogens (tertiary/aromatic N) is 5. The molecule has 1 aromatic heterocycles. The minimum atomic E-state index is 0.951. The van der Waals surface area contributed by atoms with Crippen molar-refractivity contribution >= 4 is 17.3 Å². The van der Waals surface area contributed by atoms with Gasteiger partial charge >= 0.3 is 0 Å². The summed E-state index contributed by atoms with van der Waals surface area (Å²) in [4.78, 5) is 15.6. The Balaban J connectivity index is 1.71. The fourth-order valence-corrected chi connectivity index (χ4v) is 3.01. The zero-order valence-corrected chi connectivity index (χ0v) is 14.5. The fraction of sp³-hybridized carbons (Fsp3) is 0.444. The van der Waals surface area contributed by atoms with Crippen molar-refractivity contribution in [1.29, 1.82) is 0 Å². The van der Waals surface area contributed by atoms with Crippen LogP contribution in [0.4, 0.5) is 17.3 Å². The van der Waals surface area contributed by atoms with Crippen LogP contribution in [0.15, 0.2) is 30.6 Å². The van der Waals surface area contributed by atoms with Gasteiger partial charge in [0.15, 0.2) is 0 Å². The summed E-state index contributed by atoms with van der Waals surface area (Å²) in [5.41, 5.74) is 4.11. The van der Waals surface area contributed by atoms with Crippen LogP contribution in [0, 0.1) is 13.8 Å². The summed E-state index contributed by atoms with van der Waals surface area (Å²) in [7, 11) is 4.01. The van der Waals surface area contributed by atoms with Gasteiger partial charge in [-0.3, -0.25) is 0 Å². The van der Waals surface area contributed by atoms with Crippen molar-refractivity contribution in [1.82, 2.24) is 9.97 Å². The maximum absolute atomic E-state index is 4.44. The largest absolute Gasteiger partial charge is 0.368 e. The standard InChI is InChI=1S/C18H25N5/c1-14-6-5-7-16(15(14)2)22-8-10-23(11-9-22)18-12-17(21(3)4)19-13-20-18/h5-7,12-13H,8-11H2,1-4H3. The lowest BCUT2D eigenvalue weighted by Crippen LogP contribution is -2.47. The first kappa shape index (κ1) is 15.6. The zero-order chi connectivity index (χ0) is 16.4. The average Bonchev–Trinajstić information content (AvgIpc) is 2.58. The molecule has 1 aliphatic rings. The molecule has 0 bridgehead atoms. The van der Waals surface area contributed by atoms with Gasteiger partial charge in [0.25, 0.3) is 0 Å². The van der Waals surface area contributed by atoms with Gasteiger partial charge in [-0.1, -0.05) is 12.1 Å². The van der Waals surface area contributed by atoms with E-state index in [1.165, 1.54) is 16.8 Å². The van der Waals surface area contributed by atoms with E-state index in [2.05, 4.69) is 57.9 Å². The van der Waals surface area contributed by atoms with E-state index in [1.54, 1.807) is 6.33 Å². The molecule has 0 spiro atoms. The Bertz CT molecular complexity index is 675. The molecule has 1 fully saturated rings. The van der Waals surface area contributed by atoms with Gasteiger partial charge in [0.1, 0.15) is 18.0 Å². The number of aryl methyl sites for hydroxylation is 1. The highest BCUT2D eigenvalue weighted by molar-refractivity contribution is 5.57. The van der Waals surface area contributed by atoms with E-state index < -0.39 is 0 Å². The van der Waals surface area contributed by atoms with E-state index in [9.17, 15) is 0 Å². The summed E-state index contributed by atoms with van der Waals surface area (Å²) in [5.74, 6) is 1.97. The van der Waals surface area contributed by atoms with Crippen molar-refractivity contribution in [2.24, 2.45) is 0 Å². The molecule has 1 saturated heterocycles. The molecule has 0 radical (unpaired) electrons. The van der Waals surface area contributed by atoms with Crippen molar-refractivity contribution in [3.63, 3.8) is 0 Å². The molecule has 5 heteroatoms. The molecular weight excluding hydrogens is 286 g/mol. The van der Waals surface area contributed by atoms with Crippen molar-refractivity contribution in [2.45, 2.75) is 13.8 Å². The van der Waals surface area contributed by atoms with E-state index in [-0.39, 0.29) is 0 Å². The molecule has 2 aromatic rings. The van der Waals surface area contributed by atoms with Crippen molar-refractivity contribution in [2.75, 3.05) is 55.0 Å². The Hall–Kier alpha value is -2.30. The summed E-state index contributed by atoms with van der Waals surface area (Å²) >= 11 is 0. The zero-order valence-electron chi connectivity index (χ0n) is 14.5. The molecule has 0 aliphatic carbocycles. The van der Waals surface area contributed by atoms with E-state index >= 15 is 0 Å². The molecule has 0 amide bonds. The topological polar surface area (TPSA) is 35.5 Å². The Kier molecular flexibility index (Phi) is 4.37. The molecule has 2 heterocycles. The minimum Gasteiger partial charge on any atom is -0.368 e. The van der Waals surface area contributed by atoms with Crippen LogP contribution < -0.4 is 14.7 Å². The number of rotatable bonds is 3. The molecule has 0 saturated carbocycles. The van der Waals surface area contributed by atoms with Gasteiger partial charge < -0.3 is 14.7 Å². The average molecular weight is 311 g/mol. The first-order valence-corrected chi connectivity index (χ1v) is 8.12. The Morgan fingerprint density at radius 2 is 1.65 bits per heavy atom. The number of hydrogen-bond acceptors (Lipinski definition) is 5. The minimum absolute atomic E-state index is 0.951. The summed E-state index contributed by atoms with van der Waals surface area (Å²) in [6.07, 6.45) is 1.65. The van der Waals surface area contributed by atoms with Gasteiger partial charge in [-0.15, -0.1) is 0 Å². The summed E-state index contributed by atoms with van der Waals surface area (Å²) < 4.78 is 0. The molecule has 122 valence electrons. The quantitative estimate of drug-likeness (QED) is 0.870. The third-order valence-electron chi connectivity index (χ3n) is 4.62. The second-order valence-corrected chi connectivity index (χ2v) is 6.32. The van der Waals surface area contributed by atoms with Crippen LogP contribution in [0.3, 0.4) is 0 Å². The molecule has 1 aromatic carbocycles. The first-order chi connectivity index (χ1) is 11.1. The fourth-order valence-electron chi connectivity index (χ4n) is 3.01. The molecule has 23 heavy (non-hydrogen) atoms. The lowest BCUT2D eigenvalue weighted by atomic mass is 10.1. The highest BCUT2D eigenvalue weighted by Crippen LogP contribution is 2.25. The van der Waals surface area contributed by atoms with Crippen LogP contribution in [0.5, 0.6) is 0 Å². The molecule has 5 nitrogen and oxygen atoms in total. The monoisotopic (exact) mass is 311 g/mol. The van der Waals surface area contributed by atoms with Crippen LogP contribution in [-0.2, 0) is 0 Å². The van der Waals surface area contributed by atoms with Crippen LogP contribution in [-0.4, -0.2) is 50.2 Å². The third kappa shape index (κ3) is 3.23. The lowest BCUT2D eigenvalue weighted by Gasteiger charge is -2.37. The van der Waals surface area contributed by atoms with Crippen LogP contribution in [0.25, 0.3) is 0 Å². The van der Waals surface area contributed by atoms with Gasteiger partial charge in [-0.25, -0.2) is 9.97 Å². The smallest absolute Gasteiger partial charge is 0.134 e. The summed E-state index contributed by atoms with van der Waals surface area (Å²) in [6.45, 7) is 8.40. The van der Waals surface area contributed by atoms with Crippen molar-refractivity contribution < 1.29 is 0 Å². The molecule has 0 N–H and O–H groups in total. The molecule has 0 atom stereocenters. The van der Waals surface area contributed by atoms with E-state index in [0.717, 1.165) is 37.8 Å². The Morgan fingerprint density at radius 3 is 2.35 bits per heavy atom. The Labute approximate surface area is 138 Å². The van der Waals surface area contributed by atoms with Gasteiger partial charge in [-0.2, -0.15) is 0 Å².